The predicted octanol–water partition coefficient (Wildman–Crippen LogP) is 0.498. The number of rotatable bonds is 7. The molecule has 0 radical (unpaired) electrons. The first kappa shape index (κ1) is 15.6. The van der Waals surface area contributed by atoms with Gasteiger partial charge in [-0.2, -0.15) is 5.26 Å². The molecule has 0 saturated carbocycles. The summed E-state index contributed by atoms with van der Waals surface area (Å²) in [6.07, 6.45) is -0.349. The van der Waals surface area contributed by atoms with Crippen LogP contribution in [0, 0.1) is 11.3 Å². The Morgan fingerprint density at radius 1 is 1.32 bits per heavy atom. The predicted molar refractivity (Wildman–Crippen MR) is 69.0 cm³/mol. The van der Waals surface area contributed by atoms with Crippen LogP contribution in [-0.4, -0.2) is 41.9 Å². The minimum Gasteiger partial charge on any atom is -0.382 e. The molecule has 6 nitrogen and oxygen atoms in total. The molecule has 1 aromatic carbocycles. The van der Waals surface area contributed by atoms with Crippen molar-refractivity contribution >= 4 is 10.0 Å². The fourth-order valence-corrected chi connectivity index (χ4v) is 2.46. The molecule has 19 heavy (non-hydrogen) atoms. The van der Waals surface area contributed by atoms with Gasteiger partial charge in [-0.05, 0) is 24.3 Å². The van der Waals surface area contributed by atoms with Crippen LogP contribution in [0.2, 0.25) is 0 Å². The second-order valence-corrected chi connectivity index (χ2v) is 5.57. The number of benzene rings is 1. The quantitative estimate of drug-likeness (QED) is 0.787. The second kappa shape index (κ2) is 7.21. The number of sulfonamides is 1. The molecule has 0 aliphatic rings. The van der Waals surface area contributed by atoms with Crippen LogP contribution in [0.4, 0.5) is 0 Å². The van der Waals surface area contributed by atoms with E-state index in [1.54, 1.807) is 0 Å². The Morgan fingerprint density at radius 3 is 2.42 bits per heavy atom. The third-order valence-electron chi connectivity index (χ3n) is 2.48. The van der Waals surface area contributed by atoms with Gasteiger partial charge in [0.05, 0.1) is 29.2 Å². The van der Waals surface area contributed by atoms with Crippen LogP contribution < -0.4 is 4.72 Å². The molecule has 104 valence electrons. The molecule has 1 unspecified atom stereocenters. The Bertz CT molecular complexity index is 534. The van der Waals surface area contributed by atoms with Gasteiger partial charge in [-0.1, -0.05) is 0 Å². The van der Waals surface area contributed by atoms with Gasteiger partial charge in [0.2, 0.25) is 10.0 Å². The summed E-state index contributed by atoms with van der Waals surface area (Å²) >= 11 is 0. The van der Waals surface area contributed by atoms with E-state index in [4.69, 9.17) is 14.7 Å². The number of ether oxygens (including phenoxy) is 2. The van der Waals surface area contributed by atoms with E-state index in [-0.39, 0.29) is 17.5 Å². The largest absolute Gasteiger partial charge is 0.382 e. The van der Waals surface area contributed by atoms with Gasteiger partial charge < -0.3 is 9.47 Å². The monoisotopic (exact) mass is 284 g/mol. The molecule has 0 aromatic heterocycles. The van der Waals surface area contributed by atoms with Crippen molar-refractivity contribution in [1.29, 1.82) is 5.26 Å². The molecule has 0 aliphatic carbocycles. The maximum absolute atomic E-state index is 12.0. The van der Waals surface area contributed by atoms with Crippen LogP contribution in [0.15, 0.2) is 29.2 Å². The van der Waals surface area contributed by atoms with Crippen LogP contribution in [0.3, 0.4) is 0 Å². The smallest absolute Gasteiger partial charge is 0.240 e. The van der Waals surface area contributed by atoms with E-state index in [2.05, 4.69) is 4.72 Å². The number of methoxy groups -OCH3 is 2. The summed E-state index contributed by atoms with van der Waals surface area (Å²) in [5.41, 5.74) is 0.410. The summed E-state index contributed by atoms with van der Waals surface area (Å²) < 4.78 is 36.3. The molecule has 1 N–H and O–H groups in total. The highest BCUT2D eigenvalue weighted by Crippen LogP contribution is 2.10. The zero-order chi connectivity index (χ0) is 14.3. The van der Waals surface area contributed by atoms with E-state index < -0.39 is 10.0 Å². The molecule has 0 spiro atoms. The Kier molecular flexibility index (Phi) is 5.92. The fraction of sp³-hybridized carbons (Fsp3) is 0.417. The first-order chi connectivity index (χ1) is 9.03. The van der Waals surface area contributed by atoms with E-state index >= 15 is 0 Å². The lowest BCUT2D eigenvalue weighted by Gasteiger charge is -2.15. The molecule has 0 aliphatic heterocycles. The van der Waals surface area contributed by atoms with Gasteiger partial charge >= 0.3 is 0 Å². The average molecular weight is 284 g/mol. The molecular weight excluding hydrogens is 268 g/mol. The van der Waals surface area contributed by atoms with Gasteiger partial charge in [0.1, 0.15) is 0 Å². The minimum atomic E-state index is -3.60. The SMILES string of the molecule is COCC(CNS(=O)(=O)c1ccc(C#N)cc1)OC. The van der Waals surface area contributed by atoms with Crippen molar-refractivity contribution in [3.05, 3.63) is 29.8 Å². The van der Waals surface area contributed by atoms with Gasteiger partial charge in [-0.25, -0.2) is 13.1 Å². The van der Waals surface area contributed by atoms with Gasteiger partial charge in [-0.15, -0.1) is 0 Å². The Labute approximate surface area is 113 Å². The van der Waals surface area contributed by atoms with Crippen LogP contribution in [0.1, 0.15) is 5.56 Å². The molecule has 7 heteroatoms. The number of nitrogens with one attached hydrogen (secondary N) is 1. The Balaban J connectivity index is 2.72. The van der Waals surface area contributed by atoms with Crippen molar-refractivity contribution in [1.82, 2.24) is 4.72 Å². The number of nitrogens with zero attached hydrogens (tertiary/aromatic N) is 1. The topological polar surface area (TPSA) is 88.4 Å². The summed E-state index contributed by atoms with van der Waals surface area (Å²) in [5, 5.41) is 8.65. The maximum atomic E-state index is 12.0. The van der Waals surface area contributed by atoms with Crippen molar-refractivity contribution < 1.29 is 17.9 Å². The molecule has 1 rings (SSSR count). The van der Waals surface area contributed by atoms with E-state index in [1.807, 2.05) is 6.07 Å². The molecule has 1 aromatic rings. The standard InChI is InChI=1S/C12H16N2O4S/c1-17-9-11(18-2)8-14-19(15,16)12-5-3-10(7-13)4-6-12/h3-6,11,14H,8-9H2,1-2H3. The van der Waals surface area contributed by atoms with E-state index in [9.17, 15) is 8.42 Å². The van der Waals surface area contributed by atoms with E-state index in [1.165, 1.54) is 38.5 Å². The lowest BCUT2D eigenvalue weighted by molar-refractivity contribution is 0.0320. The normalized spacial score (nSPS) is 12.9. The van der Waals surface area contributed by atoms with Gasteiger partial charge in [-0.3, -0.25) is 0 Å². The van der Waals surface area contributed by atoms with Crippen molar-refractivity contribution in [3.63, 3.8) is 0 Å². The molecular formula is C12H16N2O4S. The van der Waals surface area contributed by atoms with Crippen molar-refractivity contribution in [2.45, 2.75) is 11.0 Å². The summed E-state index contributed by atoms with van der Waals surface area (Å²) in [6, 6.07) is 7.62. The molecule has 0 fully saturated rings. The highest BCUT2D eigenvalue weighted by Gasteiger charge is 2.16. The first-order valence-electron chi connectivity index (χ1n) is 5.55. The summed E-state index contributed by atoms with van der Waals surface area (Å²) in [4.78, 5) is 0.110. The molecule has 1 atom stereocenters. The lowest BCUT2D eigenvalue weighted by Crippen LogP contribution is -2.35. The minimum absolute atomic E-state index is 0.110. The molecule has 0 heterocycles. The Hall–Kier alpha value is -1.46. The first-order valence-corrected chi connectivity index (χ1v) is 7.03. The van der Waals surface area contributed by atoms with Gasteiger partial charge in [0.15, 0.2) is 0 Å². The fourth-order valence-electron chi connectivity index (χ4n) is 1.39. The molecule has 0 bridgehead atoms. The van der Waals surface area contributed by atoms with E-state index in [0.29, 0.717) is 12.2 Å². The third-order valence-corrected chi connectivity index (χ3v) is 3.92. The molecule has 0 saturated heterocycles. The summed E-state index contributed by atoms with van der Waals surface area (Å²) in [7, 11) is -0.603. The van der Waals surface area contributed by atoms with Crippen molar-refractivity contribution in [3.8, 4) is 6.07 Å². The summed E-state index contributed by atoms with van der Waals surface area (Å²) in [6.45, 7) is 0.416. The number of hydrogen-bond donors (Lipinski definition) is 1. The Morgan fingerprint density at radius 2 is 1.95 bits per heavy atom. The van der Waals surface area contributed by atoms with Gasteiger partial charge in [0.25, 0.3) is 0 Å². The van der Waals surface area contributed by atoms with E-state index in [0.717, 1.165) is 0 Å². The lowest BCUT2D eigenvalue weighted by atomic mass is 10.2. The second-order valence-electron chi connectivity index (χ2n) is 3.80. The van der Waals surface area contributed by atoms with Gasteiger partial charge in [0, 0.05) is 20.8 Å². The number of nitriles is 1. The number of hydrogen-bond acceptors (Lipinski definition) is 5. The van der Waals surface area contributed by atoms with Crippen LogP contribution >= 0.6 is 0 Å². The summed E-state index contributed by atoms with van der Waals surface area (Å²) in [5.74, 6) is 0. The third kappa shape index (κ3) is 4.61. The molecule has 0 amide bonds. The van der Waals surface area contributed by atoms with Crippen LogP contribution in [-0.2, 0) is 19.5 Å². The van der Waals surface area contributed by atoms with Crippen molar-refractivity contribution in [2.24, 2.45) is 0 Å². The van der Waals surface area contributed by atoms with Crippen LogP contribution in [0.5, 0.6) is 0 Å². The highest BCUT2D eigenvalue weighted by atomic mass is 32.2. The average Bonchev–Trinajstić information content (AvgIpc) is 2.43. The zero-order valence-corrected chi connectivity index (χ0v) is 11.6. The van der Waals surface area contributed by atoms with Crippen molar-refractivity contribution in [2.75, 3.05) is 27.4 Å². The highest BCUT2D eigenvalue weighted by molar-refractivity contribution is 7.89. The zero-order valence-electron chi connectivity index (χ0n) is 10.8. The maximum Gasteiger partial charge on any atom is 0.240 e. The van der Waals surface area contributed by atoms with Crippen LogP contribution in [0.25, 0.3) is 0 Å².